The van der Waals surface area contributed by atoms with Crippen LogP contribution in [0.5, 0.6) is 0 Å². The van der Waals surface area contributed by atoms with Gasteiger partial charge in [0.2, 0.25) is 5.91 Å². The second-order valence-corrected chi connectivity index (χ2v) is 7.33. The first kappa shape index (κ1) is 17.5. The van der Waals surface area contributed by atoms with Gasteiger partial charge >= 0.3 is 0 Å². The van der Waals surface area contributed by atoms with Crippen molar-refractivity contribution in [2.24, 2.45) is 0 Å². The lowest BCUT2D eigenvalue weighted by molar-refractivity contribution is -0.116. The smallest absolute Gasteiger partial charge is 0.275 e. The first-order chi connectivity index (χ1) is 13.0. The zero-order valence-corrected chi connectivity index (χ0v) is 16.4. The van der Waals surface area contributed by atoms with Crippen LogP contribution >= 0.6 is 15.9 Å². The summed E-state index contributed by atoms with van der Waals surface area (Å²) in [6.45, 7) is 2.29. The summed E-state index contributed by atoms with van der Waals surface area (Å²) in [5, 5.41) is 2.90. The molecule has 0 fully saturated rings. The molecule has 0 radical (unpaired) electrons. The number of halogens is 1. The molecule has 2 heterocycles. The van der Waals surface area contributed by atoms with Crippen molar-refractivity contribution in [1.82, 2.24) is 8.97 Å². The maximum atomic E-state index is 12.9. The Morgan fingerprint density at radius 3 is 2.56 bits per heavy atom. The Hall–Kier alpha value is -2.86. The first-order valence-corrected chi connectivity index (χ1v) is 9.48. The summed E-state index contributed by atoms with van der Waals surface area (Å²) in [5.41, 5.74) is 4.08. The Morgan fingerprint density at radius 2 is 1.78 bits per heavy atom. The second kappa shape index (κ2) is 7.04. The number of aryl methyl sites for hydroxylation is 2. The molecule has 6 heteroatoms. The molecular formula is C21H18BrN3O2. The zero-order valence-electron chi connectivity index (χ0n) is 14.8. The fourth-order valence-electron chi connectivity index (χ4n) is 3.29. The number of hydrogen-bond donors (Lipinski definition) is 1. The molecule has 27 heavy (non-hydrogen) atoms. The molecule has 5 nitrogen and oxygen atoms in total. The third-order valence-electron chi connectivity index (χ3n) is 4.65. The van der Waals surface area contributed by atoms with Gasteiger partial charge in [0.25, 0.3) is 5.56 Å². The monoisotopic (exact) mass is 423 g/mol. The van der Waals surface area contributed by atoms with Crippen LogP contribution in [0.15, 0.2) is 70.1 Å². The highest BCUT2D eigenvalue weighted by Gasteiger charge is 2.12. The van der Waals surface area contributed by atoms with Crippen molar-refractivity contribution in [2.75, 3.05) is 5.32 Å². The minimum Gasteiger partial charge on any atom is -0.326 e. The number of nitrogens with one attached hydrogen (secondary N) is 1. The third-order valence-corrected chi connectivity index (χ3v) is 5.54. The van der Waals surface area contributed by atoms with Crippen LogP contribution in [0.1, 0.15) is 12.0 Å². The van der Waals surface area contributed by atoms with Crippen LogP contribution in [0.2, 0.25) is 0 Å². The normalized spacial score (nSPS) is 11.2. The van der Waals surface area contributed by atoms with E-state index in [4.69, 9.17) is 0 Å². The lowest BCUT2D eigenvalue weighted by Gasteiger charge is -2.13. The van der Waals surface area contributed by atoms with Crippen LogP contribution in [0, 0.1) is 6.92 Å². The number of carbonyl (C=O) groups is 1. The quantitative estimate of drug-likeness (QED) is 0.530. The molecule has 0 atom stereocenters. The molecule has 0 bridgehead atoms. The summed E-state index contributed by atoms with van der Waals surface area (Å²) in [5.74, 6) is -0.122. The molecule has 0 aliphatic carbocycles. The number of amides is 1. The second-order valence-electron chi connectivity index (χ2n) is 6.47. The van der Waals surface area contributed by atoms with Gasteiger partial charge in [0, 0.05) is 29.3 Å². The molecule has 2 aromatic carbocycles. The van der Waals surface area contributed by atoms with Gasteiger partial charge in [-0.1, -0.05) is 28.1 Å². The van der Waals surface area contributed by atoms with Gasteiger partial charge in [-0.15, -0.1) is 0 Å². The molecule has 0 unspecified atom stereocenters. The molecule has 2 aromatic heterocycles. The Morgan fingerprint density at radius 1 is 1.04 bits per heavy atom. The molecule has 0 saturated carbocycles. The van der Waals surface area contributed by atoms with Crippen LogP contribution in [0.25, 0.3) is 16.6 Å². The molecular weight excluding hydrogens is 406 g/mol. The van der Waals surface area contributed by atoms with Gasteiger partial charge in [-0.25, -0.2) is 0 Å². The standard InChI is InChI=1S/C21H18BrN3O2/c1-14-13-15(8-9-16(14)22)23-20(26)10-12-25-18-6-3-2-5-17(18)24-11-4-7-19(24)21(25)27/h2-9,11,13H,10,12H2,1H3,(H,23,26). The predicted molar refractivity (Wildman–Crippen MR) is 111 cm³/mol. The van der Waals surface area contributed by atoms with Gasteiger partial charge in [0.15, 0.2) is 0 Å². The maximum absolute atomic E-state index is 12.9. The van der Waals surface area contributed by atoms with Crippen molar-refractivity contribution in [2.45, 2.75) is 19.9 Å². The summed E-state index contributed by atoms with van der Waals surface area (Å²) in [7, 11) is 0. The predicted octanol–water partition coefficient (Wildman–Crippen LogP) is 4.35. The highest BCUT2D eigenvalue weighted by Crippen LogP contribution is 2.20. The number of anilines is 1. The molecule has 0 aliphatic rings. The van der Waals surface area contributed by atoms with E-state index in [1.165, 1.54) is 0 Å². The van der Waals surface area contributed by atoms with E-state index >= 15 is 0 Å². The number of nitrogens with zero attached hydrogens (tertiary/aromatic N) is 2. The first-order valence-electron chi connectivity index (χ1n) is 8.69. The fourth-order valence-corrected chi connectivity index (χ4v) is 3.54. The Labute approximate surface area is 164 Å². The van der Waals surface area contributed by atoms with Gasteiger partial charge in [-0.2, -0.15) is 0 Å². The zero-order chi connectivity index (χ0) is 19.0. The van der Waals surface area contributed by atoms with Gasteiger partial charge in [0.05, 0.1) is 11.0 Å². The summed E-state index contributed by atoms with van der Waals surface area (Å²) >= 11 is 3.45. The minimum atomic E-state index is -0.122. The average molecular weight is 424 g/mol. The highest BCUT2D eigenvalue weighted by atomic mass is 79.9. The SMILES string of the molecule is Cc1cc(NC(=O)CCn2c(=O)c3cccn3c3ccccc32)ccc1Br. The van der Waals surface area contributed by atoms with E-state index in [2.05, 4.69) is 21.2 Å². The van der Waals surface area contributed by atoms with E-state index in [1.54, 1.807) is 10.6 Å². The number of benzene rings is 2. The van der Waals surface area contributed by atoms with Gasteiger partial charge in [-0.3, -0.25) is 9.59 Å². The van der Waals surface area contributed by atoms with Gasteiger partial charge in [-0.05, 0) is 55.0 Å². The number of aromatic nitrogens is 2. The van der Waals surface area contributed by atoms with E-state index < -0.39 is 0 Å². The number of para-hydroxylation sites is 2. The largest absolute Gasteiger partial charge is 0.326 e. The summed E-state index contributed by atoms with van der Waals surface area (Å²) in [6, 6.07) is 17.1. The van der Waals surface area contributed by atoms with Crippen LogP contribution in [-0.2, 0) is 11.3 Å². The maximum Gasteiger partial charge on any atom is 0.275 e. The fraction of sp³-hybridized carbons (Fsp3) is 0.143. The van der Waals surface area contributed by atoms with E-state index in [-0.39, 0.29) is 17.9 Å². The lowest BCUT2D eigenvalue weighted by Crippen LogP contribution is -2.25. The molecule has 0 spiro atoms. The van der Waals surface area contributed by atoms with Crippen LogP contribution < -0.4 is 10.9 Å². The van der Waals surface area contributed by atoms with Gasteiger partial charge < -0.3 is 14.3 Å². The molecule has 1 amide bonds. The molecule has 4 aromatic rings. The van der Waals surface area contributed by atoms with Crippen LogP contribution in [-0.4, -0.2) is 14.9 Å². The van der Waals surface area contributed by atoms with Crippen LogP contribution in [0.4, 0.5) is 5.69 Å². The third kappa shape index (κ3) is 3.28. The van der Waals surface area contributed by atoms with Crippen LogP contribution in [0.3, 0.4) is 0 Å². The summed E-state index contributed by atoms with van der Waals surface area (Å²) in [4.78, 5) is 25.3. The van der Waals surface area contributed by atoms with E-state index in [0.717, 1.165) is 26.8 Å². The highest BCUT2D eigenvalue weighted by molar-refractivity contribution is 9.10. The lowest BCUT2D eigenvalue weighted by atomic mass is 10.2. The van der Waals surface area contributed by atoms with Crippen molar-refractivity contribution in [1.29, 1.82) is 0 Å². The molecule has 4 rings (SSSR count). The molecule has 136 valence electrons. The van der Waals surface area contributed by atoms with E-state index in [0.29, 0.717) is 12.1 Å². The van der Waals surface area contributed by atoms with Crippen molar-refractivity contribution in [3.63, 3.8) is 0 Å². The topological polar surface area (TPSA) is 55.5 Å². The Kier molecular flexibility index (Phi) is 4.58. The summed E-state index contributed by atoms with van der Waals surface area (Å²) in [6.07, 6.45) is 2.10. The van der Waals surface area contributed by atoms with E-state index in [1.807, 2.05) is 66.1 Å². The number of hydrogen-bond acceptors (Lipinski definition) is 2. The van der Waals surface area contributed by atoms with Crippen molar-refractivity contribution in [3.8, 4) is 0 Å². The van der Waals surface area contributed by atoms with Crippen molar-refractivity contribution >= 4 is 44.1 Å². The Balaban J connectivity index is 1.61. The van der Waals surface area contributed by atoms with Crippen molar-refractivity contribution < 1.29 is 4.79 Å². The molecule has 0 saturated heterocycles. The van der Waals surface area contributed by atoms with Gasteiger partial charge in [0.1, 0.15) is 5.52 Å². The minimum absolute atomic E-state index is 0.0917. The van der Waals surface area contributed by atoms with Crippen molar-refractivity contribution in [3.05, 3.63) is 81.2 Å². The molecule has 0 aliphatic heterocycles. The summed E-state index contributed by atoms with van der Waals surface area (Å²) < 4.78 is 4.56. The number of fused-ring (bicyclic) bond motifs is 3. The number of carbonyl (C=O) groups excluding carboxylic acids is 1. The number of rotatable bonds is 4. The van der Waals surface area contributed by atoms with E-state index in [9.17, 15) is 9.59 Å². The molecule has 1 N–H and O–H groups in total. The Bertz CT molecular complexity index is 1220. The average Bonchev–Trinajstić information content (AvgIpc) is 3.15.